The number of carbonyl (C=O) groups excluding carboxylic acids is 1. The molecule has 4 heteroatoms. The van der Waals surface area contributed by atoms with Crippen LogP contribution in [0.4, 0.5) is 0 Å². The van der Waals surface area contributed by atoms with Crippen LogP contribution in [0.15, 0.2) is 0 Å². The molecule has 1 atom stereocenters. The zero-order valence-electron chi connectivity index (χ0n) is 10.6. The number of hydrogen-bond acceptors (Lipinski definition) is 2. The number of carboxylic acid groups (broad SMARTS) is 1. The summed E-state index contributed by atoms with van der Waals surface area (Å²) in [6, 6.07) is 0. The van der Waals surface area contributed by atoms with Gasteiger partial charge < -0.3 is 10.4 Å². The van der Waals surface area contributed by atoms with E-state index in [1.165, 1.54) is 32.1 Å². The van der Waals surface area contributed by atoms with Gasteiger partial charge >= 0.3 is 5.97 Å². The van der Waals surface area contributed by atoms with Gasteiger partial charge in [-0.15, -0.1) is 0 Å². The van der Waals surface area contributed by atoms with E-state index >= 15 is 0 Å². The first-order valence-electron chi connectivity index (χ1n) is 6.59. The minimum atomic E-state index is -0.917. The van der Waals surface area contributed by atoms with Crippen LogP contribution in [0.25, 0.3) is 0 Å². The molecule has 1 fully saturated rings. The van der Waals surface area contributed by atoms with E-state index < -0.39 is 11.9 Å². The Bertz CT molecular complexity index is 259. The Morgan fingerprint density at radius 1 is 1.29 bits per heavy atom. The topological polar surface area (TPSA) is 66.4 Å². The molecule has 0 spiro atoms. The summed E-state index contributed by atoms with van der Waals surface area (Å²) < 4.78 is 0. The summed E-state index contributed by atoms with van der Waals surface area (Å²) in [6.07, 6.45) is 7.47. The molecular weight excluding hydrogens is 218 g/mol. The summed E-state index contributed by atoms with van der Waals surface area (Å²) in [4.78, 5) is 22.0. The zero-order valence-corrected chi connectivity index (χ0v) is 10.6. The SMILES string of the molecule is CC(CC(=O)O)C(=O)NCCC1CCCCC1. The summed E-state index contributed by atoms with van der Waals surface area (Å²) >= 11 is 0. The van der Waals surface area contributed by atoms with E-state index in [1.807, 2.05) is 0 Å². The highest BCUT2D eigenvalue weighted by molar-refractivity contribution is 5.82. The van der Waals surface area contributed by atoms with E-state index in [0.29, 0.717) is 6.54 Å². The molecule has 2 N–H and O–H groups in total. The van der Waals surface area contributed by atoms with Gasteiger partial charge in [0.05, 0.1) is 6.42 Å². The maximum atomic E-state index is 11.5. The van der Waals surface area contributed by atoms with Crippen molar-refractivity contribution in [3.63, 3.8) is 0 Å². The van der Waals surface area contributed by atoms with E-state index in [4.69, 9.17) is 5.11 Å². The normalized spacial score (nSPS) is 18.6. The minimum absolute atomic E-state index is 0.0880. The number of rotatable bonds is 6. The van der Waals surface area contributed by atoms with Crippen LogP contribution in [0.1, 0.15) is 51.9 Å². The minimum Gasteiger partial charge on any atom is -0.481 e. The van der Waals surface area contributed by atoms with Crippen LogP contribution in [0, 0.1) is 11.8 Å². The van der Waals surface area contributed by atoms with Crippen LogP contribution >= 0.6 is 0 Å². The zero-order chi connectivity index (χ0) is 12.7. The van der Waals surface area contributed by atoms with Crippen LogP contribution in [0.2, 0.25) is 0 Å². The number of carboxylic acids is 1. The largest absolute Gasteiger partial charge is 0.481 e. The monoisotopic (exact) mass is 241 g/mol. The molecule has 98 valence electrons. The average molecular weight is 241 g/mol. The molecule has 0 bridgehead atoms. The summed E-state index contributed by atoms with van der Waals surface area (Å²) in [5, 5.41) is 11.4. The summed E-state index contributed by atoms with van der Waals surface area (Å²) in [5.74, 6) is -0.735. The molecule has 0 aromatic carbocycles. The van der Waals surface area contributed by atoms with Crippen molar-refractivity contribution in [2.75, 3.05) is 6.54 Å². The van der Waals surface area contributed by atoms with Crippen LogP contribution in [-0.4, -0.2) is 23.5 Å². The van der Waals surface area contributed by atoms with E-state index in [0.717, 1.165) is 12.3 Å². The molecule has 0 aromatic rings. The average Bonchev–Trinajstić information content (AvgIpc) is 2.29. The lowest BCUT2D eigenvalue weighted by molar-refractivity contribution is -0.140. The van der Waals surface area contributed by atoms with Gasteiger partial charge in [-0.3, -0.25) is 9.59 Å². The third-order valence-corrected chi connectivity index (χ3v) is 3.50. The molecule has 0 radical (unpaired) electrons. The Hall–Kier alpha value is -1.06. The molecule has 1 amide bonds. The van der Waals surface area contributed by atoms with Crippen molar-refractivity contribution in [3.05, 3.63) is 0 Å². The van der Waals surface area contributed by atoms with E-state index in [1.54, 1.807) is 6.92 Å². The van der Waals surface area contributed by atoms with Crippen molar-refractivity contribution in [2.45, 2.75) is 51.9 Å². The quantitative estimate of drug-likeness (QED) is 0.749. The van der Waals surface area contributed by atoms with Crippen LogP contribution < -0.4 is 5.32 Å². The molecule has 0 heterocycles. The molecular formula is C13H23NO3. The van der Waals surface area contributed by atoms with E-state index in [-0.39, 0.29) is 12.3 Å². The predicted molar refractivity (Wildman–Crippen MR) is 65.6 cm³/mol. The standard InChI is InChI=1S/C13H23NO3/c1-10(9-12(15)16)13(17)14-8-7-11-5-3-2-4-6-11/h10-11H,2-9H2,1H3,(H,14,17)(H,15,16). The summed E-state index contributed by atoms with van der Waals surface area (Å²) in [6.45, 7) is 2.34. The van der Waals surface area contributed by atoms with E-state index in [2.05, 4.69) is 5.32 Å². The summed E-state index contributed by atoms with van der Waals surface area (Å²) in [7, 11) is 0. The van der Waals surface area contributed by atoms with Crippen molar-refractivity contribution in [2.24, 2.45) is 11.8 Å². The summed E-state index contributed by atoms with van der Waals surface area (Å²) in [5.41, 5.74) is 0. The Kier molecular flexibility index (Phi) is 6.01. The smallest absolute Gasteiger partial charge is 0.304 e. The molecule has 0 aromatic heterocycles. The molecule has 1 aliphatic rings. The molecule has 4 nitrogen and oxygen atoms in total. The molecule has 1 aliphatic carbocycles. The first kappa shape index (κ1) is 14.0. The number of nitrogens with one attached hydrogen (secondary N) is 1. The fourth-order valence-electron chi connectivity index (χ4n) is 2.40. The predicted octanol–water partition coefficient (Wildman–Crippen LogP) is 2.18. The van der Waals surface area contributed by atoms with Gasteiger partial charge in [-0.05, 0) is 12.3 Å². The first-order chi connectivity index (χ1) is 8.09. The van der Waals surface area contributed by atoms with Crippen molar-refractivity contribution < 1.29 is 14.7 Å². The number of carbonyl (C=O) groups is 2. The number of amides is 1. The lowest BCUT2D eigenvalue weighted by atomic mass is 9.87. The Labute approximate surface area is 103 Å². The second kappa shape index (κ2) is 7.30. The fraction of sp³-hybridized carbons (Fsp3) is 0.846. The molecule has 0 saturated heterocycles. The molecule has 17 heavy (non-hydrogen) atoms. The lowest BCUT2D eigenvalue weighted by Crippen LogP contribution is -2.32. The third-order valence-electron chi connectivity index (χ3n) is 3.50. The Balaban J connectivity index is 2.12. The van der Waals surface area contributed by atoms with Gasteiger partial charge in [0.2, 0.25) is 5.91 Å². The van der Waals surface area contributed by atoms with Gasteiger partial charge in [0, 0.05) is 12.5 Å². The molecule has 0 aliphatic heterocycles. The Morgan fingerprint density at radius 3 is 2.53 bits per heavy atom. The fourth-order valence-corrected chi connectivity index (χ4v) is 2.40. The molecule has 1 rings (SSSR count). The van der Waals surface area contributed by atoms with Gasteiger partial charge in [-0.2, -0.15) is 0 Å². The van der Waals surface area contributed by atoms with Crippen molar-refractivity contribution in [3.8, 4) is 0 Å². The third kappa shape index (κ3) is 5.71. The van der Waals surface area contributed by atoms with Crippen LogP contribution in [-0.2, 0) is 9.59 Å². The van der Waals surface area contributed by atoms with Crippen LogP contribution in [0.5, 0.6) is 0 Å². The second-order valence-corrected chi connectivity index (χ2v) is 5.08. The van der Waals surface area contributed by atoms with Gasteiger partial charge in [-0.25, -0.2) is 0 Å². The molecule has 1 unspecified atom stereocenters. The lowest BCUT2D eigenvalue weighted by Gasteiger charge is -2.21. The highest BCUT2D eigenvalue weighted by Gasteiger charge is 2.17. The second-order valence-electron chi connectivity index (χ2n) is 5.08. The first-order valence-corrected chi connectivity index (χ1v) is 6.59. The Morgan fingerprint density at radius 2 is 1.94 bits per heavy atom. The van der Waals surface area contributed by atoms with Gasteiger partial charge in [0.25, 0.3) is 0 Å². The van der Waals surface area contributed by atoms with Gasteiger partial charge in [-0.1, -0.05) is 39.0 Å². The maximum absolute atomic E-state index is 11.5. The number of aliphatic carboxylic acids is 1. The van der Waals surface area contributed by atoms with Crippen molar-refractivity contribution in [1.29, 1.82) is 0 Å². The van der Waals surface area contributed by atoms with Gasteiger partial charge in [0.1, 0.15) is 0 Å². The van der Waals surface area contributed by atoms with E-state index in [9.17, 15) is 9.59 Å². The maximum Gasteiger partial charge on any atom is 0.304 e. The van der Waals surface area contributed by atoms with Crippen molar-refractivity contribution in [1.82, 2.24) is 5.32 Å². The highest BCUT2D eigenvalue weighted by Crippen LogP contribution is 2.25. The van der Waals surface area contributed by atoms with Crippen LogP contribution in [0.3, 0.4) is 0 Å². The van der Waals surface area contributed by atoms with Crippen molar-refractivity contribution >= 4 is 11.9 Å². The number of hydrogen-bond donors (Lipinski definition) is 2. The highest BCUT2D eigenvalue weighted by atomic mass is 16.4. The molecule has 1 saturated carbocycles. The van der Waals surface area contributed by atoms with Gasteiger partial charge in [0.15, 0.2) is 0 Å².